The molecule has 0 fully saturated rings. The van der Waals surface area contributed by atoms with E-state index in [9.17, 15) is 4.79 Å². The smallest absolute Gasteiger partial charge is 0.335 e. The fourth-order valence-electron chi connectivity index (χ4n) is 1.97. The monoisotopic (exact) mass is 296 g/mol. The van der Waals surface area contributed by atoms with Crippen molar-refractivity contribution in [1.29, 1.82) is 0 Å². The molecule has 110 valence electrons. The van der Waals surface area contributed by atoms with E-state index in [0.717, 1.165) is 5.56 Å². The average molecular weight is 296 g/mol. The van der Waals surface area contributed by atoms with Crippen molar-refractivity contribution in [2.75, 3.05) is 7.11 Å². The maximum Gasteiger partial charge on any atom is 0.335 e. The van der Waals surface area contributed by atoms with Gasteiger partial charge in [-0.2, -0.15) is 0 Å². The van der Waals surface area contributed by atoms with Gasteiger partial charge in [-0.1, -0.05) is 6.07 Å². The lowest BCUT2D eigenvalue weighted by Gasteiger charge is -2.00. The van der Waals surface area contributed by atoms with Crippen LogP contribution in [0.5, 0.6) is 5.75 Å². The first kappa shape index (κ1) is 13.8. The zero-order valence-electron chi connectivity index (χ0n) is 11.7. The van der Waals surface area contributed by atoms with Crippen molar-refractivity contribution in [3.63, 3.8) is 0 Å². The fourth-order valence-corrected chi connectivity index (χ4v) is 1.97. The second-order valence-electron chi connectivity index (χ2n) is 4.53. The van der Waals surface area contributed by atoms with Gasteiger partial charge < -0.3 is 14.3 Å². The van der Waals surface area contributed by atoms with Gasteiger partial charge >= 0.3 is 5.97 Å². The molecule has 0 saturated heterocycles. The highest BCUT2D eigenvalue weighted by Crippen LogP contribution is 2.26. The standard InChI is InChI=1S/C16H12N2O4/c1-21-13-4-2-3-12(9-13)15-18-17-14(22-15)10-5-7-11(8-6-10)16(19)20/h2-9H,1H3,(H,19,20). The van der Waals surface area contributed by atoms with Crippen LogP contribution in [0.1, 0.15) is 10.4 Å². The second-order valence-corrected chi connectivity index (χ2v) is 4.53. The molecule has 0 unspecified atom stereocenters. The van der Waals surface area contributed by atoms with Crippen molar-refractivity contribution >= 4 is 5.97 Å². The summed E-state index contributed by atoms with van der Waals surface area (Å²) in [5.41, 5.74) is 1.61. The van der Waals surface area contributed by atoms with Crippen LogP contribution < -0.4 is 4.74 Å². The Morgan fingerprint density at radius 3 is 2.36 bits per heavy atom. The Hall–Kier alpha value is -3.15. The third-order valence-electron chi connectivity index (χ3n) is 3.12. The van der Waals surface area contributed by atoms with Crippen LogP contribution in [0.3, 0.4) is 0 Å². The van der Waals surface area contributed by atoms with E-state index in [1.165, 1.54) is 12.1 Å². The van der Waals surface area contributed by atoms with E-state index in [0.29, 0.717) is 23.1 Å². The van der Waals surface area contributed by atoms with Gasteiger partial charge in [-0.15, -0.1) is 10.2 Å². The van der Waals surface area contributed by atoms with Crippen LogP contribution in [0.2, 0.25) is 0 Å². The number of ether oxygens (including phenoxy) is 1. The quantitative estimate of drug-likeness (QED) is 0.796. The lowest BCUT2D eigenvalue weighted by Crippen LogP contribution is -1.94. The molecule has 6 heteroatoms. The number of methoxy groups -OCH3 is 1. The zero-order valence-corrected chi connectivity index (χ0v) is 11.7. The number of hydrogen-bond donors (Lipinski definition) is 1. The van der Waals surface area contributed by atoms with E-state index in [-0.39, 0.29) is 5.56 Å². The van der Waals surface area contributed by atoms with Gasteiger partial charge in [0.05, 0.1) is 12.7 Å². The third-order valence-corrected chi connectivity index (χ3v) is 3.12. The minimum atomic E-state index is -0.978. The van der Waals surface area contributed by atoms with Crippen LogP contribution in [0.4, 0.5) is 0 Å². The van der Waals surface area contributed by atoms with Crippen molar-refractivity contribution < 1.29 is 19.1 Å². The summed E-state index contributed by atoms with van der Waals surface area (Å²) >= 11 is 0. The lowest BCUT2D eigenvalue weighted by molar-refractivity contribution is 0.0697. The average Bonchev–Trinajstić information content (AvgIpc) is 3.05. The first-order chi connectivity index (χ1) is 10.7. The Morgan fingerprint density at radius 2 is 1.73 bits per heavy atom. The highest BCUT2D eigenvalue weighted by molar-refractivity contribution is 5.88. The van der Waals surface area contributed by atoms with Crippen LogP contribution in [0.15, 0.2) is 52.9 Å². The maximum atomic E-state index is 10.8. The number of benzene rings is 2. The van der Waals surface area contributed by atoms with E-state index < -0.39 is 5.97 Å². The number of aromatic nitrogens is 2. The van der Waals surface area contributed by atoms with Crippen LogP contribution >= 0.6 is 0 Å². The van der Waals surface area contributed by atoms with Gasteiger partial charge in [0.2, 0.25) is 11.8 Å². The fraction of sp³-hybridized carbons (Fsp3) is 0.0625. The Kier molecular flexibility index (Phi) is 3.57. The van der Waals surface area contributed by atoms with Crippen molar-refractivity contribution in [1.82, 2.24) is 10.2 Å². The van der Waals surface area contributed by atoms with Crippen LogP contribution in [-0.4, -0.2) is 28.4 Å². The summed E-state index contributed by atoms with van der Waals surface area (Å²) in [6.45, 7) is 0. The van der Waals surface area contributed by atoms with Crippen molar-refractivity contribution in [3.8, 4) is 28.7 Å². The van der Waals surface area contributed by atoms with E-state index in [1.807, 2.05) is 18.2 Å². The summed E-state index contributed by atoms with van der Waals surface area (Å²) in [5, 5.41) is 16.9. The van der Waals surface area contributed by atoms with E-state index in [2.05, 4.69) is 10.2 Å². The van der Waals surface area contributed by atoms with E-state index >= 15 is 0 Å². The summed E-state index contributed by atoms with van der Waals surface area (Å²) in [7, 11) is 1.59. The Balaban J connectivity index is 1.91. The molecule has 0 aliphatic rings. The molecule has 2 aromatic carbocycles. The second kappa shape index (κ2) is 5.69. The Labute approximate surface area is 126 Å². The van der Waals surface area contributed by atoms with Crippen molar-refractivity contribution in [3.05, 3.63) is 54.1 Å². The first-order valence-corrected chi connectivity index (χ1v) is 6.49. The van der Waals surface area contributed by atoms with Gasteiger partial charge in [0.1, 0.15) is 5.75 Å². The summed E-state index contributed by atoms with van der Waals surface area (Å²) in [5.74, 6) is 0.420. The molecule has 3 aromatic rings. The van der Waals surface area contributed by atoms with Crippen LogP contribution in [0.25, 0.3) is 22.9 Å². The molecule has 1 aromatic heterocycles. The SMILES string of the molecule is COc1cccc(-c2nnc(-c3ccc(C(=O)O)cc3)o2)c1. The number of carboxylic acids is 1. The normalized spacial score (nSPS) is 10.4. The molecule has 3 rings (SSSR count). The molecule has 0 bridgehead atoms. The number of nitrogens with zero attached hydrogens (tertiary/aromatic N) is 2. The predicted octanol–water partition coefficient (Wildman–Crippen LogP) is 3.11. The molecule has 1 heterocycles. The molecule has 0 spiro atoms. The molecule has 1 N–H and O–H groups in total. The topological polar surface area (TPSA) is 85.5 Å². The number of rotatable bonds is 4. The van der Waals surface area contributed by atoms with E-state index in [4.69, 9.17) is 14.3 Å². The van der Waals surface area contributed by atoms with E-state index in [1.54, 1.807) is 25.3 Å². The summed E-state index contributed by atoms with van der Waals surface area (Å²) in [6.07, 6.45) is 0. The van der Waals surface area contributed by atoms with Crippen molar-refractivity contribution in [2.45, 2.75) is 0 Å². The first-order valence-electron chi connectivity index (χ1n) is 6.49. The molecule has 22 heavy (non-hydrogen) atoms. The lowest BCUT2D eigenvalue weighted by atomic mass is 10.1. The molecule has 0 saturated carbocycles. The minimum absolute atomic E-state index is 0.205. The summed E-state index contributed by atoms with van der Waals surface area (Å²) < 4.78 is 10.8. The number of carbonyl (C=O) groups is 1. The van der Waals surface area contributed by atoms with Gasteiger partial charge in [0, 0.05) is 11.1 Å². The van der Waals surface area contributed by atoms with Gasteiger partial charge in [0.15, 0.2) is 0 Å². The van der Waals surface area contributed by atoms with Gasteiger partial charge in [-0.05, 0) is 42.5 Å². The molecule has 0 atom stereocenters. The molecular weight excluding hydrogens is 284 g/mol. The number of hydrogen-bond acceptors (Lipinski definition) is 5. The van der Waals surface area contributed by atoms with Crippen LogP contribution in [-0.2, 0) is 0 Å². The molecule has 0 aliphatic carbocycles. The zero-order chi connectivity index (χ0) is 15.5. The highest BCUT2D eigenvalue weighted by Gasteiger charge is 2.12. The molecule has 0 amide bonds. The highest BCUT2D eigenvalue weighted by atomic mass is 16.5. The van der Waals surface area contributed by atoms with Gasteiger partial charge in [-0.3, -0.25) is 0 Å². The minimum Gasteiger partial charge on any atom is -0.497 e. The predicted molar refractivity (Wildman–Crippen MR) is 78.7 cm³/mol. The van der Waals surface area contributed by atoms with Crippen LogP contribution in [0, 0.1) is 0 Å². The van der Waals surface area contributed by atoms with Gasteiger partial charge in [-0.25, -0.2) is 4.79 Å². The Bertz CT molecular complexity index is 809. The summed E-state index contributed by atoms with van der Waals surface area (Å²) in [6, 6.07) is 13.5. The largest absolute Gasteiger partial charge is 0.497 e. The third kappa shape index (κ3) is 2.67. The summed E-state index contributed by atoms with van der Waals surface area (Å²) in [4.78, 5) is 10.8. The maximum absolute atomic E-state index is 10.8. The Morgan fingerprint density at radius 1 is 1.05 bits per heavy atom. The molecule has 0 radical (unpaired) electrons. The van der Waals surface area contributed by atoms with Gasteiger partial charge in [0.25, 0.3) is 0 Å². The molecule has 0 aliphatic heterocycles. The molecule has 6 nitrogen and oxygen atoms in total. The number of carboxylic acid groups (broad SMARTS) is 1. The number of aromatic carboxylic acids is 1. The van der Waals surface area contributed by atoms with Crippen molar-refractivity contribution in [2.24, 2.45) is 0 Å². The molecular formula is C16H12N2O4.